The molecule has 1 saturated heterocycles. The summed E-state index contributed by atoms with van der Waals surface area (Å²) in [6.07, 6.45) is 1.03. The van der Waals surface area contributed by atoms with Crippen molar-refractivity contribution < 1.29 is 13.2 Å². The molecule has 1 aromatic heterocycles. The minimum atomic E-state index is -3.58. The Kier molecular flexibility index (Phi) is 5.91. The summed E-state index contributed by atoms with van der Waals surface area (Å²) in [5.74, 6) is 0.269. The molecule has 1 fully saturated rings. The van der Waals surface area contributed by atoms with Gasteiger partial charge in [0.2, 0.25) is 10.0 Å². The van der Waals surface area contributed by atoms with Crippen LogP contribution in [0.15, 0.2) is 70.6 Å². The number of carbonyl (C=O) groups excluding carboxylic acids is 1. The van der Waals surface area contributed by atoms with Gasteiger partial charge in [-0.05, 0) is 54.0 Å². The zero-order chi connectivity index (χ0) is 24.0. The number of hydrogen-bond acceptors (Lipinski definition) is 4. The van der Waals surface area contributed by atoms with Crippen LogP contribution in [-0.4, -0.2) is 36.3 Å². The number of nitrogens with zero attached hydrogens (tertiary/aromatic N) is 3. The lowest BCUT2D eigenvalue weighted by molar-refractivity contribution is 0.0998. The highest BCUT2D eigenvalue weighted by Crippen LogP contribution is 2.28. The molecule has 0 N–H and O–H groups in total. The van der Waals surface area contributed by atoms with E-state index in [2.05, 4.69) is 37.0 Å². The molecule has 176 valence electrons. The Hall–Kier alpha value is -2.81. The van der Waals surface area contributed by atoms with E-state index in [1.165, 1.54) is 23.5 Å². The molecule has 1 aliphatic heterocycles. The third-order valence-electron chi connectivity index (χ3n) is 6.47. The molecule has 2 atom stereocenters. The molecule has 0 radical (unpaired) electrons. The van der Waals surface area contributed by atoms with Gasteiger partial charge < -0.3 is 4.57 Å². The molecule has 0 bridgehead atoms. The first-order valence-electron chi connectivity index (χ1n) is 11.4. The first-order chi connectivity index (χ1) is 16.2. The first kappa shape index (κ1) is 23.0. The summed E-state index contributed by atoms with van der Waals surface area (Å²) >= 11 is 1.48. The van der Waals surface area contributed by atoms with Crippen LogP contribution in [0.2, 0.25) is 0 Å². The van der Waals surface area contributed by atoms with Crippen LogP contribution in [0, 0.1) is 11.8 Å². The van der Waals surface area contributed by atoms with E-state index in [1.807, 2.05) is 29.8 Å². The fourth-order valence-corrected chi connectivity index (χ4v) is 7.67. The summed E-state index contributed by atoms with van der Waals surface area (Å²) in [6, 6.07) is 18.4. The Bertz CT molecular complexity index is 1560. The van der Waals surface area contributed by atoms with Crippen molar-refractivity contribution in [2.24, 2.45) is 23.9 Å². The summed E-state index contributed by atoms with van der Waals surface area (Å²) in [4.78, 5) is 18.1. The predicted molar refractivity (Wildman–Crippen MR) is 136 cm³/mol. The number of thiazole rings is 1. The molecular formula is C26H27N3O3S2. The Morgan fingerprint density at radius 3 is 2.35 bits per heavy atom. The number of rotatable bonds is 3. The van der Waals surface area contributed by atoms with Gasteiger partial charge in [-0.2, -0.15) is 9.30 Å². The maximum absolute atomic E-state index is 13.1. The molecule has 6 nitrogen and oxygen atoms in total. The molecule has 8 heteroatoms. The lowest BCUT2D eigenvalue weighted by atomic mass is 9.94. The molecule has 34 heavy (non-hydrogen) atoms. The number of hydrogen-bond donors (Lipinski definition) is 0. The van der Waals surface area contributed by atoms with Crippen molar-refractivity contribution >= 4 is 48.3 Å². The second-order valence-electron chi connectivity index (χ2n) is 9.29. The summed E-state index contributed by atoms with van der Waals surface area (Å²) in [5, 5.41) is 2.27. The molecule has 1 aliphatic rings. The number of aromatic nitrogens is 1. The average molecular weight is 494 g/mol. The van der Waals surface area contributed by atoms with E-state index in [1.54, 1.807) is 16.4 Å². The number of piperidine rings is 1. The second kappa shape index (κ2) is 8.76. The van der Waals surface area contributed by atoms with Crippen molar-refractivity contribution in [3.8, 4) is 0 Å². The van der Waals surface area contributed by atoms with Crippen molar-refractivity contribution in [3.63, 3.8) is 0 Å². The van der Waals surface area contributed by atoms with Crippen LogP contribution in [0.3, 0.4) is 0 Å². The summed E-state index contributed by atoms with van der Waals surface area (Å²) in [7, 11) is -1.69. The zero-order valence-electron chi connectivity index (χ0n) is 19.4. The van der Waals surface area contributed by atoms with Gasteiger partial charge in [-0.3, -0.25) is 4.79 Å². The Labute approximate surface area is 203 Å². The van der Waals surface area contributed by atoms with E-state index in [4.69, 9.17) is 0 Å². The van der Waals surface area contributed by atoms with Gasteiger partial charge in [0.25, 0.3) is 5.91 Å². The van der Waals surface area contributed by atoms with Gasteiger partial charge in [-0.1, -0.05) is 55.5 Å². The maximum atomic E-state index is 13.1. The van der Waals surface area contributed by atoms with Gasteiger partial charge in [-0.15, -0.1) is 0 Å². The van der Waals surface area contributed by atoms with Crippen LogP contribution >= 0.6 is 11.3 Å². The second-order valence-corrected chi connectivity index (χ2v) is 12.2. The monoisotopic (exact) mass is 493 g/mol. The van der Waals surface area contributed by atoms with Crippen LogP contribution < -0.4 is 4.80 Å². The molecular weight excluding hydrogens is 466 g/mol. The Morgan fingerprint density at radius 2 is 1.65 bits per heavy atom. The van der Waals surface area contributed by atoms with Crippen molar-refractivity contribution in [2.75, 3.05) is 13.1 Å². The maximum Gasteiger partial charge on any atom is 0.279 e. The molecule has 5 rings (SSSR count). The molecule has 4 aromatic rings. The van der Waals surface area contributed by atoms with Crippen molar-refractivity contribution in [3.05, 3.63) is 71.0 Å². The highest BCUT2D eigenvalue weighted by molar-refractivity contribution is 7.89. The van der Waals surface area contributed by atoms with Crippen molar-refractivity contribution in [2.45, 2.75) is 25.2 Å². The number of carbonyl (C=O) groups is 1. The number of fused-ring (bicyclic) bond motifs is 3. The minimum absolute atomic E-state index is 0.212. The summed E-state index contributed by atoms with van der Waals surface area (Å²) in [6.45, 7) is 5.22. The van der Waals surface area contributed by atoms with Crippen molar-refractivity contribution in [1.82, 2.24) is 8.87 Å². The normalized spacial score (nSPS) is 20.3. The third-order valence-corrected chi connectivity index (χ3v) is 9.50. The van der Waals surface area contributed by atoms with E-state index in [-0.39, 0.29) is 4.90 Å². The van der Waals surface area contributed by atoms with Gasteiger partial charge >= 0.3 is 0 Å². The average Bonchev–Trinajstić information content (AvgIpc) is 3.14. The van der Waals surface area contributed by atoms with E-state index < -0.39 is 15.9 Å². The standard InChI is InChI=1S/C26H27N3O3S2/c1-17-14-18(2)16-29(15-17)34(31,32)21-11-8-20(9-12-21)25(30)27-26-28(3)23-13-10-19-6-4-5-7-22(19)24(23)33-26/h4-13,17-18H,14-16H2,1-3H3/t17-,18-/m0/s1. The van der Waals surface area contributed by atoms with E-state index in [9.17, 15) is 13.2 Å². The smallest absolute Gasteiger partial charge is 0.279 e. The highest BCUT2D eigenvalue weighted by atomic mass is 32.2. The van der Waals surface area contributed by atoms with Crippen LogP contribution in [0.25, 0.3) is 21.0 Å². The fourth-order valence-electron chi connectivity index (χ4n) is 4.84. The van der Waals surface area contributed by atoms with Gasteiger partial charge in [-0.25, -0.2) is 8.42 Å². The van der Waals surface area contributed by atoms with E-state index in [0.717, 1.165) is 27.4 Å². The topological polar surface area (TPSA) is 71.7 Å². The molecule has 1 amide bonds. The molecule has 0 aliphatic carbocycles. The van der Waals surface area contributed by atoms with Gasteiger partial charge in [0.05, 0.1) is 15.1 Å². The number of benzene rings is 3. The lowest BCUT2D eigenvalue weighted by Gasteiger charge is -2.34. The van der Waals surface area contributed by atoms with Crippen LogP contribution in [-0.2, 0) is 17.1 Å². The van der Waals surface area contributed by atoms with Gasteiger partial charge in [0, 0.05) is 31.1 Å². The van der Waals surface area contributed by atoms with E-state index in [0.29, 0.717) is 35.3 Å². The van der Waals surface area contributed by atoms with E-state index >= 15 is 0 Å². The summed E-state index contributed by atoms with van der Waals surface area (Å²) in [5.41, 5.74) is 1.38. The van der Waals surface area contributed by atoms with Gasteiger partial charge in [0.1, 0.15) is 0 Å². The summed E-state index contributed by atoms with van der Waals surface area (Å²) < 4.78 is 30.8. The molecule has 0 spiro atoms. The SMILES string of the molecule is C[C@H]1C[C@H](C)CN(S(=O)(=O)c2ccc(C(=O)N=c3sc4c5ccccc5ccc4n3C)cc2)C1. The molecule has 2 heterocycles. The Balaban J connectivity index is 1.45. The van der Waals surface area contributed by atoms with Crippen LogP contribution in [0.1, 0.15) is 30.6 Å². The van der Waals surface area contributed by atoms with Gasteiger partial charge in [0.15, 0.2) is 4.80 Å². The molecule has 3 aromatic carbocycles. The quantitative estimate of drug-likeness (QED) is 0.412. The Morgan fingerprint density at radius 1 is 0.971 bits per heavy atom. The number of sulfonamides is 1. The minimum Gasteiger partial charge on any atom is -0.319 e. The highest BCUT2D eigenvalue weighted by Gasteiger charge is 2.31. The fraction of sp³-hybridized carbons (Fsp3) is 0.308. The predicted octanol–water partition coefficient (Wildman–Crippen LogP) is 4.80. The lowest BCUT2D eigenvalue weighted by Crippen LogP contribution is -2.42. The number of aryl methyl sites for hydroxylation is 1. The molecule has 0 unspecified atom stereocenters. The van der Waals surface area contributed by atoms with Crippen LogP contribution in [0.5, 0.6) is 0 Å². The zero-order valence-corrected chi connectivity index (χ0v) is 21.1. The third kappa shape index (κ3) is 4.10. The van der Waals surface area contributed by atoms with Crippen molar-refractivity contribution in [1.29, 1.82) is 0 Å². The number of amides is 1. The molecule has 0 saturated carbocycles. The largest absolute Gasteiger partial charge is 0.319 e. The first-order valence-corrected chi connectivity index (χ1v) is 13.7. The van der Waals surface area contributed by atoms with Crippen LogP contribution in [0.4, 0.5) is 0 Å².